The lowest BCUT2D eigenvalue weighted by Crippen LogP contribution is -2.46. The van der Waals surface area contributed by atoms with Crippen molar-refractivity contribution in [2.75, 3.05) is 20.6 Å². The van der Waals surface area contributed by atoms with Gasteiger partial charge in [-0.1, -0.05) is 26.7 Å². The predicted molar refractivity (Wildman–Crippen MR) is 79.9 cm³/mol. The molecule has 0 saturated heterocycles. The first-order chi connectivity index (χ1) is 8.90. The number of nitrogens with zero attached hydrogens (tertiary/aromatic N) is 1. The maximum atomic E-state index is 12.2. The molecule has 0 bridgehead atoms. The molecule has 0 radical (unpaired) electrons. The molecule has 1 saturated carbocycles. The highest BCUT2D eigenvalue weighted by Gasteiger charge is 2.25. The number of likely N-dealkylation sites (N-methyl/N-ethyl adjacent to an activating group) is 1. The van der Waals surface area contributed by atoms with Crippen LogP contribution in [0.4, 0.5) is 0 Å². The molecule has 1 fully saturated rings. The monoisotopic (exact) mass is 269 g/mol. The van der Waals surface area contributed by atoms with Gasteiger partial charge >= 0.3 is 0 Å². The summed E-state index contributed by atoms with van der Waals surface area (Å²) in [6.45, 7) is 5.20. The Bertz CT molecular complexity index is 279. The number of nitrogens with two attached hydrogens (primary N) is 1. The molecule has 0 heterocycles. The molecule has 1 amide bonds. The Labute approximate surface area is 118 Å². The lowest BCUT2D eigenvalue weighted by Gasteiger charge is -2.30. The van der Waals surface area contributed by atoms with E-state index < -0.39 is 0 Å². The van der Waals surface area contributed by atoms with E-state index in [4.69, 9.17) is 5.73 Å². The summed E-state index contributed by atoms with van der Waals surface area (Å²) in [4.78, 5) is 14.3. The van der Waals surface area contributed by atoms with E-state index in [1.807, 2.05) is 14.1 Å². The van der Waals surface area contributed by atoms with Gasteiger partial charge in [0.1, 0.15) is 0 Å². The number of amides is 1. The van der Waals surface area contributed by atoms with Crippen molar-refractivity contribution in [2.24, 2.45) is 17.6 Å². The smallest absolute Gasteiger partial charge is 0.220 e. The maximum Gasteiger partial charge on any atom is 0.220 e. The van der Waals surface area contributed by atoms with Crippen LogP contribution in [0, 0.1) is 11.8 Å². The number of hydrogen-bond acceptors (Lipinski definition) is 3. The van der Waals surface area contributed by atoms with Crippen molar-refractivity contribution in [1.82, 2.24) is 10.2 Å². The van der Waals surface area contributed by atoms with Gasteiger partial charge in [0.2, 0.25) is 5.91 Å². The first-order valence-corrected chi connectivity index (χ1v) is 7.59. The average Bonchev–Trinajstić information content (AvgIpc) is 2.30. The Hall–Kier alpha value is -0.610. The minimum Gasteiger partial charge on any atom is -0.352 e. The van der Waals surface area contributed by atoms with Crippen molar-refractivity contribution in [1.29, 1.82) is 0 Å². The third-order valence-electron chi connectivity index (χ3n) is 4.13. The lowest BCUT2D eigenvalue weighted by atomic mass is 9.83. The average molecular weight is 269 g/mol. The molecule has 19 heavy (non-hydrogen) atoms. The number of carbonyl (C=O) groups is 1. The second-order valence-electron chi connectivity index (χ2n) is 6.59. The van der Waals surface area contributed by atoms with Crippen molar-refractivity contribution in [3.63, 3.8) is 0 Å². The van der Waals surface area contributed by atoms with E-state index in [1.165, 1.54) is 12.8 Å². The summed E-state index contributed by atoms with van der Waals surface area (Å²) in [6.07, 6.45) is 5.21. The van der Waals surface area contributed by atoms with Gasteiger partial charge in [-0.3, -0.25) is 4.79 Å². The third-order valence-corrected chi connectivity index (χ3v) is 4.13. The van der Waals surface area contributed by atoms with Crippen LogP contribution < -0.4 is 11.1 Å². The van der Waals surface area contributed by atoms with E-state index in [0.717, 1.165) is 19.4 Å². The largest absolute Gasteiger partial charge is 0.352 e. The fraction of sp³-hybridized carbons (Fsp3) is 0.933. The topological polar surface area (TPSA) is 58.4 Å². The van der Waals surface area contributed by atoms with Crippen LogP contribution in [0.1, 0.15) is 46.0 Å². The molecule has 112 valence electrons. The van der Waals surface area contributed by atoms with Crippen LogP contribution in [0.3, 0.4) is 0 Å². The normalized spacial score (nSPS) is 25.6. The Morgan fingerprint density at radius 1 is 1.32 bits per heavy atom. The molecule has 3 atom stereocenters. The van der Waals surface area contributed by atoms with Crippen molar-refractivity contribution in [2.45, 2.75) is 58.0 Å². The van der Waals surface area contributed by atoms with Gasteiger partial charge in [0.05, 0.1) is 0 Å². The summed E-state index contributed by atoms with van der Waals surface area (Å²) in [5.74, 6) is 0.996. The molecule has 1 rings (SSSR count). The molecule has 1 aliphatic carbocycles. The van der Waals surface area contributed by atoms with Gasteiger partial charge in [0.15, 0.2) is 0 Å². The van der Waals surface area contributed by atoms with Gasteiger partial charge in [-0.2, -0.15) is 0 Å². The highest BCUT2D eigenvalue weighted by molar-refractivity contribution is 5.76. The molecule has 0 spiro atoms. The second kappa shape index (κ2) is 7.85. The maximum absolute atomic E-state index is 12.2. The van der Waals surface area contributed by atoms with E-state index in [-0.39, 0.29) is 18.0 Å². The number of hydrogen-bond donors (Lipinski definition) is 2. The van der Waals surface area contributed by atoms with E-state index >= 15 is 0 Å². The van der Waals surface area contributed by atoms with Crippen LogP contribution in [0.2, 0.25) is 0 Å². The van der Waals surface area contributed by atoms with E-state index in [1.54, 1.807) is 0 Å². The van der Waals surface area contributed by atoms with Gasteiger partial charge < -0.3 is 16.0 Å². The Morgan fingerprint density at radius 2 is 1.95 bits per heavy atom. The molecule has 3 unspecified atom stereocenters. The zero-order chi connectivity index (χ0) is 14.4. The van der Waals surface area contributed by atoms with Gasteiger partial charge in [-0.05, 0) is 38.8 Å². The Kier molecular flexibility index (Phi) is 6.80. The van der Waals surface area contributed by atoms with Crippen LogP contribution in [-0.2, 0) is 4.79 Å². The molecule has 0 aromatic carbocycles. The molecule has 4 heteroatoms. The second-order valence-corrected chi connectivity index (χ2v) is 6.59. The first kappa shape index (κ1) is 16.4. The molecule has 1 aliphatic rings. The minimum absolute atomic E-state index is 0.169. The van der Waals surface area contributed by atoms with Crippen molar-refractivity contribution < 1.29 is 4.79 Å². The molecule has 0 aromatic heterocycles. The van der Waals surface area contributed by atoms with Crippen molar-refractivity contribution in [3.8, 4) is 0 Å². The van der Waals surface area contributed by atoms with Crippen LogP contribution >= 0.6 is 0 Å². The fourth-order valence-corrected chi connectivity index (χ4v) is 2.81. The van der Waals surface area contributed by atoms with E-state index in [9.17, 15) is 4.79 Å². The van der Waals surface area contributed by atoms with Crippen LogP contribution in [-0.4, -0.2) is 43.5 Å². The summed E-state index contributed by atoms with van der Waals surface area (Å²) in [5.41, 5.74) is 6.11. The molecular weight excluding hydrogens is 238 g/mol. The highest BCUT2D eigenvalue weighted by Crippen LogP contribution is 2.25. The summed E-state index contributed by atoms with van der Waals surface area (Å²) in [7, 11) is 4.08. The lowest BCUT2D eigenvalue weighted by molar-refractivity contribution is -0.123. The Balaban J connectivity index is 2.43. The molecule has 4 nitrogen and oxygen atoms in total. The molecular formula is C15H31N3O. The zero-order valence-electron chi connectivity index (χ0n) is 13.0. The predicted octanol–water partition coefficient (Wildman–Crippen LogP) is 1.60. The van der Waals surface area contributed by atoms with E-state index in [2.05, 4.69) is 24.1 Å². The van der Waals surface area contributed by atoms with Crippen LogP contribution in [0.5, 0.6) is 0 Å². The third kappa shape index (κ3) is 5.91. The first-order valence-electron chi connectivity index (χ1n) is 7.59. The molecule has 0 aromatic rings. The molecule has 0 aliphatic heterocycles. The van der Waals surface area contributed by atoms with E-state index in [0.29, 0.717) is 18.3 Å². The van der Waals surface area contributed by atoms with Crippen LogP contribution in [0.25, 0.3) is 0 Å². The quantitative estimate of drug-likeness (QED) is 0.770. The van der Waals surface area contributed by atoms with Gasteiger partial charge in [-0.15, -0.1) is 0 Å². The van der Waals surface area contributed by atoms with Gasteiger partial charge in [0.25, 0.3) is 0 Å². The van der Waals surface area contributed by atoms with Crippen LogP contribution in [0.15, 0.2) is 0 Å². The number of rotatable bonds is 6. The SMILES string of the molecule is CC(C)C(CN(C)C)NC(=O)CC1CCCCC1N. The van der Waals surface area contributed by atoms with Gasteiger partial charge in [0, 0.05) is 25.0 Å². The van der Waals surface area contributed by atoms with Crippen molar-refractivity contribution in [3.05, 3.63) is 0 Å². The summed E-state index contributed by atoms with van der Waals surface area (Å²) < 4.78 is 0. The number of carbonyl (C=O) groups excluding carboxylic acids is 1. The summed E-state index contributed by atoms with van der Waals surface area (Å²) in [6, 6.07) is 0.438. The number of nitrogens with one attached hydrogen (secondary N) is 1. The minimum atomic E-state index is 0.169. The van der Waals surface area contributed by atoms with Gasteiger partial charge in [-0.25, -0.2) is 0 Å². The Morgan fingerprint density at radius 3 is 2.47 bits per heavy atom. The van der Waals surface area contributed by atoms with Crippen molar-refractivity contribution >= 4 is 5.91 Å². The highest BCUT2D eigenvalue weighted by atomic mass is 16.1. The zero-order valence-corrected chi connectivity index (χ0v) is 13.0. The standard InChI is InChI=1S/C15H31N3O/c1-11(2)14(10-18(3)4)17-15(19)9-12-7-5-6-8-13(12)16/h11-14H,5-10,16H2,1-4H3,(H,17,19). The summed E-state index contributed by atoms with van der Waals surface area (Å²) >= 11 is 0. The fourth-order valence-electron chi connectivity index (χ4n) is 2.81. The molecule has 3 N–H and O–H groups in total. The summed E-state index contributed by atoms with van der Waals surface area (Å²) in [5, 5.41) is 3.18.